The van der Waals surface area contributed by atoms with Gasteiger partial charge < -0.3 is 15.4 Å². The van der Waals surface area contributed by atoms with Gasteiger partial charge in [0.15, 0.2) is 0 Å². The Kier molecular flexibility index (Phi) is 7.72. The number of amides is 1. The van der Waals surface area contributed by atoms with Crippen LogP contribution in [0.2, 0.25) is 0 Å². The number of rotatable bonds is 6. The topological polar surface area (TPSA) is 50.4 Å². The van der Waals surface area contributed by atoms with Crippen LogP contribution in [0.3, 0.4) is 0 Å². The summed E-state index contributed by atoms with van der Waals surface area (Å²) < 4.78 is 5.33. The Labute approximate surface area is 146 Å². The molecule has 0 saturated carbocycles. The standard InChI is InChI=1S/C18H36N2O2S/c1-13(2)8-14(10-19-16(21)22-17(3,4)5)20-15-9-18(6,7)12-23-11-15/h13-15,20H,8-12H2,1-7H3,(H,19,21). The van der Waals surface area contributed by atoms with Gasteiger partial charge in [-0.2, -0.15) is 11.8 Å². The van der Waals surface area contributed by atoms with E-state index in [1.165, 1.54) is 12.2 Å². The molecule has 0 bridgehead atoms. The van der Waals surface area contributed by atoms with E-state index in [0.29, 0.717) is 30.0 Å². The SMILES string of the molecule is CC(C)CC(CNC(=O)OC(C)(C)C)NC1CSCC(C)(C)C1. The fraction of sp³-hybridized carbons (Fsp3) is 0.944. The van der Waals surface area contributed by atoms with E-state index >= 15 is 0 Å². The molecule has 1 rings (SSSR count). The third-order valence-electron chi connectivity index (χ3n) is 3.73. The number of hydrogen-bond acceptors (Lipinski definition) is 4. The van der Waals surface area contributed by atoms with E-state index < -0.39 is 5.60 Å². The predicted octanol–water partition coefficient (Wildman–Crippen LogP) is 4.05. The highest BCUT2D eigenvalue weighted by molar-refractivity contribution is 7.99. The van der Waals surface area contributed by atoms with Crippen LogP contribution in [-0.4, -0.2) is 41.8 Å². The van der Waals surface area contributed by atoms with Gasteiger partial charge in [0.25, 0.3) is 0 Å². The highest BCUT2D eigenvalue weighted by Gasteiger charge is 2.30. The van der Waals surface area contributed by atoms with E-state index in [9.17, 15) is 4.79 Å². The van der Waals surface area contributed by atoms with Gasteiger partial charge in [-0.3, -0.25) is 0 Å². The first-order chi connectivity index (χ1) is 10.5. The summed E-state index contributed by atoms with van der Waals surface area (Å²) in [6.07, 6.45) is 1.92. The summed E-state index contributed by atoms with van der Waals surface area (Å²) in [6, 6.07) is 0.815. The molecule has 1 aliphatic rings. The van der Waals surface area contributed by atoms with Crippen LogP contribution in [0.4, 0.5) is 4.79 Å². The fourth-order valence-corrected chi connectivity index (χ4v) is 4.29. The quantitative estimate of drug-likeness (QED) is 0.763. The van der Waals surface area contributed by atoms with Gasteiger partial charge in [-0.1, -0.05) is 27.7 Å². The molecule has 5 heteroatoms. The molecule has 1 amide bonds. The predicted molar refractivity (Wildman–Crippen MR) is 100 cm³/mol. The lowest BCUT2D eigenvalue weighted by Crippen LogP contribution is -2.50. The van der Waals surface area contributed by atoms with Gasteiger partial charge in [0.2, 0.25) is 0 Å². The Morgan fingerprint density at radius 2 is 2.00 bits per heavy atom. The number of carbonyl (C=O) groups excluding carboxylic acids is 1. The van der Waals surface area contributed by atoms with Crippen molar-refractivity contribution in [3.05, 3.63) is 0 Å². The molecule has 0 aromatic rings. The van der Waals surface area contributed by atoms with Crippen molar-refractivity contribution in [2.75, 3.05) is 18.1 Å². The molecule has 2 N–H and O–H groups in total. The van der Waals surface area contributed by atoms with E-state index in [0.717, 1.165) is 12.2 Å². The van der Waals surface area contributed by atoms with Crippen LogP contribution < -0.4 is 10.6 Å². The average Bonchev–Trinajstić information content (AvgIpc) is 2.32. The molecular weight excluding hydrogens is 308 g/mol. The smallest absolute Gasteiger partial charge is 0.407 e. The van der Waals surface area contributed by atoms with Crippen molar-refractivity contribution in [2.45, 2.75) is 79.0 Å². The van der Waals surface area contributed by atoms with Gasteiger partial charge >= 0.3 is 6.09 Å². The molecule has 1 fully saturated rings. The monoisotopic (exact) mass is 344 g/mol. The molecule has 0 radical (unpaired) electrons. The average molecular weight is 345 g/mol. The Morgan fingerprint density at radius 3 is 2.52 bits per heavy atom. The van der Waals surface area contributed by atoms with Gasteiger partial charge in [0.05, 0.1) is 0 Å². The largest absolute Gasteiger partial charge is 0.444 e. The van der Waals surface area contributed by atoms with Crippen LogP contribution in [-0.2, 0) is 4.74 Å². The van der Waals surface area contributed by atoms with E-state index in [4.69, 9.17) is 4.74 Å². The van der Waals surface area contributed by atoms with Crippen LogP contribution in [0.5, 0.6) is 0 Å². The number of nitrogens with one attached hydrogen (secondary N) is 2. The second-order valence-electron chi connectivity index (χ2n) is 8.96. The van der Waals surface area contributed by atoms with E-state index in [1.807, 2.05) is 32.5 Å². The molecule has 1 aliphatic heterocycles. The molecule has 0 aromatic heterocycles. The molecule has 1 saturated heterocycles. The van der Waals surface area contributed by atoms with Crippen molar-refractivity contribution in [3.8, 4) is 0 Å². The van der Waals surface area contributed by atoms with Crippen molar-refractivity contribution in [2.24, 2.45) is 11.3 Å². The summed E-state index contributed by atoms with van der Waals surface area (Å²) in [5.41, 5.74) is -0.0589. The molecule has 4 nitrogen and oxygen atoms in total. The van der Waals surface area contributed by atoms with Crippen molar-refractivity contribution in [3.63, 3.8) is 0 Å². The molecule has 0 spiro atoms. The highest BCUT2D eigenvalue weighted by Crippen LogP contribution is 2.33. The maximum atomic E-state index is 11.9. The number of thioether (sulfide) groups is 1. The zero-order chi connectivity index (χ0) is 17.7. The molecule has 23 heavy (non-hydrogen) atoms. The normalized spacial score (nSPS) is 22.7. The summed E-state index contributed by atoms with van der Waals surface area (Å²) in [7, 11) is 0. The van der Waals surface area contributed by atoms with Gasteiger partial charge in [-0.15, -0.1) is 0 Å². The van der Waals surface area contributed by atoms with Crippen LogP contribution in [0, 0.1) is 11.3 Å². The van der Waals surface area contributed by atoms with Crippen molar-refractivity contribution in [1.29, 1.82) is 0 Å². The fourth-order valence-electron chi connectivity index (χ4n) is 3.00. The van der Waals surface area contributed by atoms with Crippen molar-refractivity contribution in [1.82, 2.24) is 10.6 Å². The maximum Gasteiger partial charge on any atom is 0.407 e. The molecule has 2 atom stereocenters. The van der Waals surface area contributed by atoms with Crippen LogP contribution in [0.25, 0.3) is 0 Å². The first kappa shape index (κ1) is 20.6. The molecule has 0 aromatic carbocycles. The minimum absolute atomic E-state index is 0.294. The Bertz CT molecular complexity index is 378. The van der Waals surface area contributed by atoms with E-state index in [2.05, 4.69) is 38.3 Å². The highest BCUT2D eigenvalue weighted by atomic mass is 32.2. The van der Waals surface area contributed by atoms with E-state index in [-0.39, 0.29) is 6.09 Å². The summed E-state index contributed by atoms with van der Waals surface area (Å²) >= 11 is 2.03. The number of alkyl carbamates (subject to hydrolysis) is 1. The Hall–Kier alpha value is -0.420. The summed E-state index contributed by atoms with van der Waals surface area (Å²) in [4.78, 5) is 11.9. The van der Waals surface area contributed by atoms with Gasteiger partial charge in [-0.05, 0) is 50.7 Å². The second-order valence-corrected chi connectivity index (χ2v) is 9.99. The lowest BCUT2D eigenvalue weighted by atomic mass is 9.87. The molecule has 2 unspecified atom stereocenters. The zero-order valence-electron chi connectivity index (χ0n) is 16.0. The van der Waals surface area contributed by atoms with Gasteiger partial charge in [-0.25, -0.2) is 4.79 Å². The molecule has 136 valence electrons. The lowest BCUT2D eigenvalue weighted by Gasteiger charge is -2.37. The Balaban J connectivity index is 2.50. The number of carbonyl (C=O) groups is 1. The summed E-state index contributed by atoms with van der Waals surface area (Å²) in [6.45, 7) is 15.4. The maximum absolute atomic E-state index is 11.9. The lowest BCUT2D eigenvalue weighted by molar-refractivity contribution is 0.0519. The van der Waals surface area contributed by atoms with Crippen LogP contribution in [0.15, 0.2) is 0 Å². The van der Waals surface area contributed by atoms with Crippen molar-refractivity contribution >= 4 is 17.9 Å². The number of ether oxygens (including phenoxy) is 1. The second kappa shape index (κ2) is 8.61. The van der Waals surface area contributed by atoms with Gasteiger partial charge in [0.1, 0.15) is 5.60 Å². The van der Waals surface area contributed by atoms with Gasteiger partial charge in [0, 0.05) is 24.4 Å². The first-order valence-corrected chi connectivity index (χ1v) is 9.93. The molecule has 1 heterocycles. The van der Waals surface area contributed by atoms with Crippen LogP contribution in [0.1, 0.15) is 61.3 Å². The minimum Gasteiger partial charge on any atom is -0.444 e. The van der Waals surface area contributed by atoms with E-state index in [1.54, 1.807) is 0 Å². The molecule has 0 aliphatic carbocycles. The minimum atomic E-state index is -0.449. The third kappa shape index (κ3) is 9.46. The van der Waals surface area contributed by atoms with Crippen LogP contribution >= 0.6 is 11.8 Å². The third-order valence-corrected chi connectivity index (χ3v) is 5.35. The Morgan fingerprint density at radius 1 is 1.35 bits per heavy atom. The first-order valence-electron chi connectivity index (χ1n) is 8.77. The van der Waals surface area contributed by atoms with Crippen molar-refractivity contribution < 1.29 is 9.53 Å². The summed E-state index contributed by atoms with van der Waals surface area (Å²) in [5.74, 6) is 2.98. The number of hydrogen-bond donors (Lipinski definition) is 2. The molecular formula is C18H36N2O2S. The zero-order valence-corrected chi connectivity index (χ0v) is 16.8. The summed E-state index contributed by atoms with van der Waals surface area (Å²) in [5, 5.41) is 6.69.